The highest BCUT2D eigenvalue weighted by Crippen LogP contribution is 2.00. The summed E-state index contributed by atoms with van der Waals surface area (Å²) < 4.78 is 20.4. The molecule has 0 spiro atoms. The molecule has 1 aromatic carbocycles. The molecule has 13 heavy (non-hydrogen) atoms. The highest BCUT2D eigenvalue weighted by Gasteiger charge is 1.84. The Labute approximate surface area is 78.5 Å². The Bertz CT molecular complexity index is 279. The van der Waals surface area contributed by atoms with E-state index in [1.165, 1.54) is 0 Å². The molecular weight excluding hydrogens is 192 g/mol. The highest BCUT2D eigenvalue weighted by atomic mass is 32.2. The van der Waals surface area contributed by atoms with E-state index >= 15 is 0 Å². The van der Waals surface area contributed by atoms with Crippen molar-refractivity contribution in [2.45, 2.75) is 11.8 Å². The molecule has 0 saturated heterocycles. The first kappa shape index (κ1) is 11.8. The number of hydrogen-bond donors (Lipinski definition) is 1. The molecule has 0 saturated carbocycles. The van der Waals surface area contributed by atoms with Crippen LogP contribution in [0.5, 0.6) is 0 Å². The van der Waals surface area contributed by atoms with Gasteiger partial charge in [-0.15, -0.1) is 0 Å². The fraction of sp³-hybridized carbons (Fsp3) is 0.125. The molecule has 72 valence electrons. The summed E-state index contributed by atoms with van der Waals surface area (Å²) in [5, 5.41) is 7.42. The standard InChI is InChI=1S/C6H6O2S.C2H4O2/c7-9(8)6-4-2-1-3-5-6;1-2(3)4/h1-5H,(H,7,8);1H3,(H,3,4)/p-1. The smallest absolute Gasteiger partial charge is 0.300 e. The van der Waals surface area contributed by atoms with Crippen LogP contribution in [0.4, 0.5) is 0 Å². The third kappa shape index (κ3) is 7.17. The number of aliphatic carboxylic acids is 1. The minimum atomic E-state index is -2.08. The van der Waals surface area contributed by atoms with E-state index in [0.717, 1.165) is 6.92 Å². The Morgan fingerprint density at radius 3 is 2.00 bits per heavy atom. The van der Waals surface area contributed by atoms with Crippen LogP contribution in [0.2, 0.25) is 0 Å². The van der Waals surface area contributed by atoms with E-state index in [-0.39, 0.29) is 0 Å². The molecule has 1 unspecified atom stereocenters. The zero-order chi connectivity index (χ0) is 10.3. The van der Waals surface area contributed by atoms with Crippen LogP contribution in [-0.4, -0.2) is 19.8 Å². The fourth-order valence-electron chi connectivity index (χ4n) is 0.532. The first-order valence-corrected chi connectivity index (χ1v) is 4.45. The second kappa shape index (κ2) is 6.33. The van der Waals surface area contributed by atoms with Gasteiger partial charge in [-0.1, -0.05) is 18.2 Å². The molecule has 0 amide bonds. The van der Waals surface area contributed by atoms with Crippen molar-refractivity contribution in [2.24, 2.45) is 0 Å². The lowest BCUT2D eigenvalue weighted by Gasteiger charge is -2.01. The third-order valence-corrected chi connectivity index (χ3v) is 1.59. The van der Waals surface area contributed by atoms with Crippen molar-refractivity contribution in [1.82, 2.24) is 0 Å². The molecule has 0 aliphatic rings. The Kier molecular flexibility index (Phi) is 5.75. The van der Waals surface area contributed by atoms with E-state index in [2.05, 4.69) is 0 Å². The summed E-state index contributed by atoms with van der Waals surface area (Å²) in [6, 6.07) is 8.23. The van der Waals surface area contributed by atoms with Gasteiger partial charge in [0.05, 0.1) is 0 Å². The lowest BCUT2D eigenvalue weighted by atomic mass is 10.4. The van der Waals surface area contributed by atoms with Crippen molar-refractivity contribution in [3.63, 3.8) is 0 Å². The van der Waals surface area contributed by atoms with Crippen molar-refractivity contribution in [1.29, 1.82) is 0 Å². The van der Waals surface area contributed by atoms with Gasteiger partial charge in [-0.2, -0.15) is 0 Å². The van der Waals surface area contributed by atoms with Crippen LogP contribution in [0.25, 0.3) is 0 Å². The van der Waals surface area contributed by atoms with Crippen LogP contribution >= 0.6 is 0 Å². The molecule has 5 heteroatoms. The predicted octanol–water partition coefficient (Wildman–Crippen LogP) is 1.02. The molecule has 0 bridgehead atoms. The van der Waals surface area contributed by atoms with Crippen LogP contribution in [0, 0.1) is 0 Å². The van der Waals surface area contributed by atoms with E-state index < -0.39 is 17.0 Å². The van der Waals surface area contributed by atoms with E-state index in [1.54, 1.807) is 30.3 Å². The average molecular weight is 201 g/mol. The van der Waals surface area contributed by atoms with Gasteiger partial charge >= 0.3 is 0 Å². The van der Waals surface area contributed by atoms with Crippen molar-refractivity contribution < 1.29 is 18.7 Å². The summed E-state index contributed by atoms with van der Waals surface area (Å²) >= 11 is -2.08. The topological polar surface area (TPSA) is 77.4 Å². The van der Waals surface area contributed by atoms with Crippen LogP contribution in [-0.2, 0) is 15.9 Å². The van der Waals surface area contributed by atoms with Crippen molar-refractivity contribution >= 4 is 17.0 Å². The van der Waals surface area contributed by atoms with Crippen LogP contribution in [0.15, 0.2) is 35.2 Å². The summed E-state index contributed by atoms with van der Waals surface area (Å²) in [6.07, 6.45) is 0. The molecule has 1 atom stereocenters. The van der Waals surface area contributed by atoms with Crippen LogP contribution < -0.4 is 0 Å². The van der Waals surface area contributed by atoms with E-state index in [0.29, 0.717) is 4.90 Å². The van der Waals surface area contributed by atoms with Gasteiger partial charge in [-0.05, 0) is 23.2 Å². The maximum Gasteiger partial charge on any atom is 0.300 e. The summed E-state index contributed by atoms with van der Waals surface area (Å²) in [7, 11) is 0. The number of carboxylic acids is 1. The lowest BCUT2D eigenvalue weighted by molar-refractivity contribution is -0.134. The van der Waals surface area contributed by atoms with Gasteiger partial charge < -0.3 is 9.66 Å². The van der Waals surface area contributed by atoms with Crippen LogP contribution in [0.3, 0.4) is 0 Å². The molecule has 0 fully saturated rings. The highest BCUT2D eigenvalue weighted by molar-refractivity contribution is 7.79. The normalized spacial score (nSPS) is 10.9. The molecule has 0 aromatic heterocycles. The van der Waals surface area contributed by atoms with Crippen molar-refractivity contribution in [3.8, 4) is 0 Å². The largest absolute Gasteiger partial charge is 0.768 e. The fourth-order valence-corrected chi connectivity index (χ4v) is 0.911. The maximum absolute atomic E-state index is 10.2. The van der Waals surface area contributed by atoms with Gasteiger partial charge in [0.2, 0.25) is 0 Å². The SMILES string of the molecule is CC(=O)O.O=S([O-])c1ccccc1. The minimum absolute atomic E-state index is 0.331. The molecular formula is C8H9O4S-. The van der Waals surface area contributed by atoms with Crippen molar-refractivity contribution in [2.75, 3.05) is 0 Å². The lowest BCUT2D eigenvalue weighted by Crippen LogP contribution is -1.85. The molecule has 0 heterocycles. The zero-order valence-corrected chi connectivity index (χ0v) is 7.78. The number of benzene rings is 1. The second-order valence-corrected chi connectivity index (χ2v) is 3.01. The zero-order valence-electron chi connectivity index (χ0n) is 6.97. The van der Waals surface area contributed by atoms with Gasteiger partial charge in [0.25, 0.3) is 5.97 Å². The first-order chi connectivity index (χ1) is 6.04. The third-order valence-electron chi connectivity index (χ3n) is 0.936. The molecule has 1 rings (SSSR count). The Morgan fingerprint density at radius 2 is 1.77 bits per heavy atom. The Hall–Kier alpha value is -1.20. The van der Waals surface area contributed by atoms with Gasteiger partial charge in [-0.25, -0.2) is 0 Å². The van der Waals surface area contributed by atoms with Gasteiger partial charge in [0, 0.05) is 11.8 Å². The second-order valence-electron chi connectivity index (χ2n) is 2.07. The van der Waals surface area contributed by atoms with Crippen molar-refractivity contribution in [3.05, 3.63) is 30.3 Å². The number of carboxylic acid groups (broad SMARTS) is 1. The average Bonchev–Trinajstić information content (AvgIpc) is 2.05. The predicted molar refractivity (Wildman–Crippen MR) is 46.9 cm³/mol. The van der Waals surface area contributed by atoms with Crippen LogP contribution in [0.1, 0.15) is 6.92 Å². The van der Waals surface area contributed by atoms with Gasteiger partial charge in [0.15, 0.2) is 0 Å². The Balaban J connectivity index is 0.000000310. The van der Waals surface area contributed by atoms with Gasteiger partial charge in [-0.3, -0.25) is 9.00 Å². The summed E-state index contributed by atoms with van der Waals surface area (Å²) in [5.41, 5.74) is 0. The summed E-state index contributed by atoms with van der Waals surface area (Å²) in [6.45, 7) is 1.08. The molecule has 4 nitrogen and oxygen atoms in total. The quantitative estimate of drug-likeness (QED) is 0.688. The minimum Gasteiger partial charge on any atom is -0.768 e. The summed E-state index contributed by atoms with van der Waals surface area (Å²) in [4.78, 5) is 9.33. The van der Waals surface area contributed by atoms with E-state index in [4.69, 9.17) is 9.90 Å². The number of rotatable bonds is 1. The summed E-state index contributed by atoms with van der Waals surface area (Å²) in [5.74, 6) is -0.833. The molecule has 0 aliphatic carbocycles. The molecule has 0 aliphatic heterocycles. The monoisotopic (exact) mass is 201 g/mol. The Morgan fingerprint density at radius 1 is 1.38 bits per heavy atom. The van der Waals surface area contributed by atoms with E-state index in [9.17, 15) is 8.76 Å². The first-order valence-electron chi connectivity index (χ1n) is 3.38. The van der Waals surface area contributed by atoms with Gasteiger partial charge in [0.1, 0.15) is 0 Å². The maximum atomic E-state index is 10.2. The number of hydrogen-bond acceptors (Lipinski definition) is 3. The molecule has 1 aromatic rings. The molecule has 0 radical (unpaired) electrons. The number of carbonyl (C=O) groups is 1. The van der Waals surface area contributed by atoms with E-state index in [1.807, 2.05) is 0 Å². The molecule has 1 N–H and O–H groups in total.